The molecule has 17 heavy (non-hydrogen) atoms. The molecule has 1 aromatic carbocycles. The zero-order valence-corrected chi connectivity index (χ0v) is 9.40. The van der Waals surface area contributed by atoms with Crippen molar-refractivity contribution in [2.45, 2.75) is 19.4 Å². The second kappa shape index (κ2) is 4.91. The maximum Gasteiger partial charge on any atom is 0.348 e. The van der Waals surface area contributed by atoms with Crippen LogP contribution >= 0.6 is 0 Å². The van der Waals surface area contributed by atoms with Crippen LogP contribution in [0.4, 0.5) is 4.39 Å². The number of nitrogens with zero attached hydrogens (tertiary/aromatic N) is 2. The van der Waals surface area contributed by atoms with Crippen LogP contribution in [-0.4, -0.2) is 9.55 Å². The van der Waals surface area contributed by atoms with E-state index in [9.17, 15) is 9.18 Å². The third-order valence-corrected chi connectivity index (χ3v) is 2.62. The van der Waals surface area contributed by atoms with E-state index in [1.54, 1.807) is 18.2 Å². The van der Waals surface area contributed by atoms with Crippen molar-refractivity contribution in [3.8, 4) is 0 Å². The molecule has 1 aromatic heterocycles. The SMILES string of the molecule is C=CCCCn1c(=O)ncc2cccc(F)c21. The summed E-state index contributed by atoms with van der Waals surface area (Å²) in [4.78, 5) is 15.4. The van der Waals surface area contributed by atoms with Crippen molar-refractivity contribution in [1.82, 2.24) is 9.55 Å². The number of halogens is 1. The van der Waals surface area contributed by atoms with Gasteiger partial charge in [-0.25, -0.2) is 14.2 Å². The second-order valence-electron chi connectivity index (χ2n) is 3.80. The molecule has 2 rings (SSSR count). The molecule has 0 bridgehead atoms. The summed E-state index contributed by atoms with van der Waals surface area (Å²) in [7, 11) is 0. The Hall–Kier alpha value is -1.97. The Morgan fingerprint density at radius 2 is 2.29 bits per heavy atom. The zero-order chi connectivity index (χ0) is 12.3. The van der Waals surface area contributed by atoms with E-state index < -0.39 is 5.69 Å². The molecule has 0 atom stereocenters. The van der Waals surface area contributed by atoms with Gasteiger partial charge in [-0.3, -0.25) is 4.57 Å². The molecule has 0 N–H and O–H groups in total. The van der Waals surface area contributed by atoms with E-state index in [1.807, 2.05) is 0 Å². The van der Waals surface area contributed by atoms with Crippen LogP contribution in [0.2, 0.25) is 0 Å². The van der Waals surface area contributed by atoms with E-state index in [1.165, 1.54) is 16.8 Å². The first kappa shape index (κ1) is 11.5. The van der Waals surface area contributed by atoms with E-state index in [0.717, 1.165) is 12.8 Å². The Morgan fingerprint density at radius 1 is 1.47 bits per heavy atom. The number of fused-ring (bicyclic) bond motifs is 1. The summed E-state index contributed by atoms with van der Waals surface area (Å²) in [5.74, 6) is -0.388. The van der Waals surface area contributed by atoms with Crippen molar-refractivity contribution in [3.63, 3.8) is 0 Å². The van der Waals surface area contributed by atoms with Gasteiger partial charge in [-0.05, 0) is 18.9 Å². The number of hydrogen-bond donors (Lipinski definition) is 0. The number of benzene rings is 1. The number of aromatic nitrogens is 2. The van der Waals surface area contributed by atoms with Crippen molar-refractivity contribution < 1.29 is 4.39 Å². The van der Waals surface area contributed by atoms with Crippen LogP contribution < -0.4 is 5.69 Å². The molecule has 0 saturated heterocycles. The smallest absolute Gasteiger partial charge is 0.289 e. The number of rotatable bonds is 4. The van der Waals surface area contributed by atoms with E-state index in [2.05, 4.69) is 11.6 Å². The van der Waals surface area contributed by atoms with E-state index in [4.69, 9.17) is 0 Å². The van der Waals surface area contributed by atoms with Crippen LogP contribution in [0.15, 0.2) is 41.8 Å². The van der Waals surface area contributed by atoms with Crippen molar-refractivity contribution in [2.24, 2.45) is 0 Å². The fraction of sp³-hybridized carbons (Fsp3) is 0.231. The Morgan fingerprint density at radius 3 is 3.06 bits per heavy atom. The Balaban J connectivity index is 2.54. The number of unbranched alkanes of at least 4 members (excludes halogenated alkanes) is 1. The lowest BCUT2D eigenvalue weighted by atomic mass is 10.2. The van der Waals surface area contributed by atoms with Crippen molar-refractivity contribution in [2.75, 3.05) is 0 Å². The van der Waals surface area contributed by atoms with Crippen molar-refractivity contribution in [3.05, 3.63) is 53.4 Å². The minimum Gasteiger partial charge on any atom is -0.289 e. The molecule has 0 aliphatic carbocycles. The monoisotopic (exact) mass is 232 g/mol. The van der Waals surface area contributed by atoms with Crippen molar-refractivity contribution in [1.29, 1.82) is 0 Å². The number of allylic oxidation sites excluding steroid dienone is 1. The standard InChI is InChI=1S/C13H13FN2O/c1-2-3-4-8-16-12-10(9-15-13(16)17)6-5-7-11(12)14/h2,5-7,9H,1,3-4,8H2. The zero-order valence-electron chi connectivity index (χ0n) is 9.40. The van der Waals surface area contributed by atoms with Crippen LogP contribution in [0.3, 0.4) is 0 Å². The van der Waals surface area contributed by atoms with E-state index in [-0.39, 0.29) is 5.82 Å². The summed E-state index contributed by atoms with van der Waals surface area (Å²) in [6, 6.07) is 4.71. The van der Waals surface area contributed by atoms with Gasteiger partial charge in [0.05, 0.1) is 5.52 Å². The number of hydrogen-bond acceptors (Lipinski definition) is 2. The first-order chi connectivity index (χ1) is 8.24. The van der Waals surface area contributed by atoms with E-state index >= 15 is 0 Å². The minimum absolute atomic E-state index is 0.330. The van der Waals surface area contributed by atoms with Gasteiger partial charge in [0.2, 0.25) is 0 Å². The lowest BCUT2D eigenvalue weighted by Crippen LogP contribution is -2.23. The Bertz CT molecular complexity index is 604. The Labute approximate surface area is 98.2 Å². The summed E-state index contributed by atoms with van der Waals surface area (Å²) in [5.41, 5.74) is -0.0803. The van der Waals surface area contributed by atoms with Gasteiger partial charge in [0.1, 0.15) is 5.82 Å². The summed E-state index contributed by atoms with van der Waals surface area (Å²) in [6.45, 7) is 4.07. The van der Waals surface area contributed by atoms with Gasteiger partial charge in [-0.1, -0.05) is 18.2 Å². The van der Waals surface area contributed by atoms with Crippen LogP contribution in [0.1, 0.15) is 12.8 Å². The molecule has 0 unspecified atom stereocenters. The predicted octanol–water partition coefficient (Wildman–Crippen LogP) is 2.50. The molecule has 1 heterocycles. The fourth-order valence-corrected chi connectivity index (χ4v) is 1.81. The van der Waals surface area contributed by atoms with E-state index in [0.29, 0.717) is 17.4 Å². The van der Waals surface area contributed by atoms with Crippen LogP contribution in [0.5, 0.6) is 0 Å². The molecule has 0 aliphatic heterocycles. The highest BCUT2D eigenvalue weighted by Gasteiger charge is 2.07. The van der Waals surface area contributed by atoms with Crippen LogP contribution in [-0.2, 0) is 6.54 Å². The van der Waals surface area contributed by atoms with Crippen LogP contribution in [0, 0.1) is 5.82 Å². The molecule has 0 amide bonds. The molecule has 0 aliphatic rings. The highest BCUT2D eigenvalue weighted by molar-refractivity contribution is 5.78. The predicted molar refractivity (Wildman–Crippen MR) is 65.4 cm³/mol. The lowest BCUT2D eigenvalue weighted by Gasteiger charge is -2.08. The molecule has 3 nitrogen and oxygen atoms in total. The molecule has 0 spiro atoms. The third kappa shape index (κ3) is 2.25. The largest absolute Gasteiger partial charge is 0.348 e. The quantitative estimate of drug-likeness (QED) is 0.599. The molecular weight excluding hydrogens is 219 g/mol. The topological polar surface area (TPSA) is 34.9 Å². The molecule has 0 radical (unpaired) electrons. The van der Waals surface area contributed by atoms with Gasteiger partial charge >= 0.3 is 5.69 Å². The Kier molecular flexibility index (Phi) is 3.32. The third-order valence-electron chi connectivity index (χ3n) is 2.62. The van der Waals surface area contributed by atoms with Crippen molar-refractivity contribution >= 4 is 10.9 Å². The first-order valence-electron chi connectivity index (χ1n) is 5.49. The fourth-order valence-electron chi connectivity index (χ4n) is 1.81. The average molecular weight is 232 g/mol. The lowest BCUT2D eigenvalue weighted by molar-refractivity contribution is 0.594. The summed E-state index contributed by atoms with van der Waals surface area (Å²) >= 11 is 0. The molecule has 0 saturated carbocycles. The molecule has 0 fully saturated rings. The van der Waals surface area contributed by atoms with Gasteiger partial charge in [0, 0.05) is 18.1 Å². The first-order valence-corrected chi connectivity index (χ1v) is 5.49. The molecule has 2 aromatic rings. The summed E-state index contributed by atoms with van der Waals surface area (Å²) < 4.78 is 15.1. The van der Waals surface area contributed by atoms with Gasteiger partial charge in [0.25, 0.3) is 0 Å². The van der Waals surface area contributed by atoms with Gasteiger partial charge in [-0.15, -0.1) is 6.58 Å². The minimum atomic E-state index is -0.410. The number of para-hydroxylation sites is 1. The average Bonchev–Trinajstić information content (AvgIpc) is 2.33. The maximum absolute atomic E-state index is 13.7. The number of aryl methyl sites for hydroxylation is 1. The van der Waals surface area contributed by atoms with Gasteiger partial charge in [-0.2, -0.15) is 0 Å². The highest BCUT2D eigenvalue weighted by atomic mass is 19.1. The molecule has 4 heteroatoms. The van der Waals surface area contributed by atoms with Gasteiger partial charge in [0.15, 0.2) is 0 Å². The normalized spacial score (nSPS) is 10.6. The molecular formula is C13H13FN2O. The van der Waals surface area contributed by atoms with Crippen LogP contribution in [0.25, 0.3) is 10.9 Å². The van der Waals surface area contributed by atoms with Gasteiger partial charge < -0.3 is 0 Å². The second-order valence-corrected chi connectivity index (χ2v) is 3.80. The highest BCUT2D eigenvalue weighted by Crippen LogP contribution is 2.15. The summed E-state index contributed by atoms with van der Waals surface area (Å²) in [5, 5.41) is 0.642. The molecule has 88 valence electrons. The summed E-state index contributed by atoms with van der Waals surface area (Å²) in [6.07, 6.45) is 4.72. The maximum atomic E-state index is 13.7.